The number of nitrogens with one attached hydrogen (secondary N) is 2. The van der Waals surface area contributed by atoms with Gasteiger partial charge in [0.15, 0.2) is 0 Å². The summed E-state index contributed by atoms with van der Waals surface area (Å²) in [5.74, 6) is 1.21. The molecule has 4 aromatic rings. The molecule has 2 aromatic heterocycles. The summed E-state index contributed by atoms with van der Waals surface area (Å²) in [6.45, 7) is 8.51. The van der Waals surface area contributed by atoms with Crippen molar-refractivity contribution in [2.75, 3.05) is 17.2 Å². The van der Waals surface area contributed by atoms with Crippen LogP contribution in [0.1, 0.15) is 50.7 Å². The molecule has 0 aliphatic heterocycles. The van der Waals surface area contributed by atoms with Crippen molar-refractivity contribution in [1.82, 2.24) is 9.97 Å². The first-order valence-electron chi connectivity index (χ1n) is 11.2. The summed E-state index contributed by atoms with van der Waals surface area (Å²) in [5, 5.41) is 7.41. The first-order chi connectivity index (χ1) is 16.4. The summed E-state index contributed by atoms with van der Waals surface area (Å²) in [6, 6.07) is 21.0. The van der Waals surface area contributed by atoms with Gasteiger partial charge in [-0.25, -0.2) is 9.97 Å². The normalized spacial score (nSPS) is 11.6. The molecule has 4 rings (SSSR count). The van der Waals surface area contributed by atoms with Gasteiger partial charge >= 0.3 is 0 Å². The van der Waals surface area contributed by atoms with Gasteiger partial charge in [-0.1, -0.05) is 30.3 Å². The standard InChI is InChI=1S/C27H28N4O2S/c1-5-33-22-13-11-20(12-14-22)24(30-27-28-17(2)15-18(3)29-27)23-16-19(4)34-26(23)31-25(32)21-9-7-6-8-10-21/h6-16,24H,5H2,1-4H3,(H,31,32)(H,28,29,30)/t24-/m1/s1. The number of aryl methyl sites for hydroxylation is 3. The number of ether oxygens (including phenoxy) is 1. The van der Waals surface area contributed by atoms with Crippen LogP contribution in [0.4, 0.5) is 10.9 Å². The van der Waals surface area contributed by atoms with E-state index in [4.69, 9.17) is 4.74 Å². The maximum atomic E-state index is 12.9. The van der Waals surface area contributed by atoms with Gasteiger partial charge in [0.1, 0.15) is 10.8 Å². The van der Waals surface area contributed by atoms with E-state index < -0.39 is 0 Å². The lowest BCUT2D eigenvalue weighted by atomic mass is 10.00. The molecule has 0 bridgehead atoms. The van der Waals surface area contributed by atoms with E-state index >= 15 is 0 Å². The summed E-state index contributed by atoms with van der Waals surface area (Å²) in [4.78, 5) is 23.2. The first kappa shape index (κ1) is 23.4. The third-order valence-corrected chi connectivity index (χ3v) is 6.22. The van der Waals surface area contributed by atoms with E-state index in [9.17, 15) is 4.79 Å². The van der Waals surface area contributed by atoms with Crippen molar-refractivity contribution in [3.05, 3.63) is 99.7 Å². The molecule has 1 atom stereocenters. The van der Waals surface area contributed by atoms with Crippen LogP contribution in [-0.2, 0) is 0 Å². The highest BCUT2D eigenvalue weighted by Crippen LogP contribution is 2.38. The summed E-state index contributed by atoms with van der Waals surface area (Å²) >= 11 is 1.55. The molecule has 2 heterocycles. The minimum atomic E-state index is -0.270. The predicted molar refractivity (Wildman–Crippen MR) is 138 cm³/mol. The van der Waals surface area contributed by atoms with Gasteiger partial charge in [-0.3, -0.25) is 4.79 Å². The molecule has 0 unspecified atom stereocenters. The minimum absolute atomic E-state index is 0.142. The number of hydrogen-bond acceptors (Lipinski definition) is 6. The van der Waals surface area contributed by atoms with Gasteiger partial charge in [0.2, 0.25) is 5.95 Å². The second kappa shape index (κ2) is 10.5. The Labute approximate surface area is 204 Å². The number of carbonyl (C=O) groups is 1. The summed E-state index contributed by atoms with van der Waals surface area (Å²) in [7, 11) is 0. The van der Waals surface area contributed by atoms with Crippen molar-refractivity contribution >= 4 is 28.2 Å². The van der Waals surface area contributed by atoms with Crippen LogP contribution in [0.2, 0.25) is 0 Å². The number of hydrogen-bond donors (Lipinski definition) is 2. The van der Waals surface area contributed by atoms with Gasteiger partial charge < -0.3 is 15.4 Å². The molecule has 34 heavy (non-hydrogen) atoms. The van der Waals surface area contributed by atoms with Crippen LogP contribution in [0.15, 0.2) is 66.7 Å². The molecule has 0 saturated carbocycles. The SMILES string of the molecule is CCOc1ccc([C@@H](Nc2nc(C)cc(C)n2)c2cc(C)sc2NC(=O)c2ccccc2)cc1. The molecule has 0 spiro atoms. The van der Waals surface area contributed by atoms with Crippen molar-refractivity contribution < 1.29 is 9.53 Å². The molecule has 0 aliphatic rings. The van der Waals surface area contributed by atoms with E-state index in [2.05, 4.69) is 26.7 Å². The lowest BCUT2D eigenvalue weighted by Crippen LogP contribution is -2.18. The molecule has 0 aliphatic carbocycles. The molecule has 0 saturated heterocycles. The zero-order chi connectivity index (χ0) is 24.1. The lowest BCUT2D eigenvalue weighted by Gasteiger charge is -2.21. The van der Waals surface area contributed by atoms with Gasteiger partial charge in [-0.05, 0) is 69.7 Å². The maximum absolute atomic E-state index is 12.9. The number of carbonyl (C=O) groups excluding carboxylic acids is 1. The van der Waals surface area contributed by atoms with Crippen molar-refractivity contribution in [2.24, 2.45) is 0 Å². The van der Waals surface area contributed by atoms with Crippen LogP contribution >= 0.6 is 11.3 Å². The Balaban J connectivity index is 1.73. The van der Waals surface area contributed by atoms with E-state index in [1.54, 1.807) is 23.5 Å². The Hall–Kier alpha value is -3.71. The molecule has 0 fully saturated rings. The zero-order valence-electron chi connectivity index (χ0n) is 19.8. The quantitative estimate of drug-likeness (QED) is 0.314. The van der Waals surface area contributed by atoms with Crippen LogP contribution in [0.3, 0.4) is 0 Å². The van der Waals surface area contributed by atoms with Gasteiger partial charge in [-0.2, -0.15) is 0 Å². The number of rotatable bonds is 8. The molecule has 0 radical (unpaired) electrons. The molecule has 2 N–H and O–H groups in total. The summed E-state index contributed by atoms with van der Waals surface area (Å²) < 4.78 is 5.63. The van der Waals surface area contributed by atoms with Crippen LogP contribution in [0, 0.1) is 20.8 Å². The van der Waals surface area contributed by atoms with Gasteiger partial charge in [0.05, 0.1) is 12.6 Å². The Morgan fingerprint density at radius 2 is 1.65 bits per heavy atom. The van der Waals surface area contributed by atoms with E-state index in [1.807, 2.05) is 76.2 Å². The Kier molecular flexibility index (Phi) is 7.23. The topological polar surface area (TPSA) is 76.1 Å². The van der Waals surface area contributed by atoms with Crippen LogP contribution in [0.5, 0.6) is 5.75 Å². The first-order valence-corrected chi connectivity index (χ1v) is 12.0. The van der Waals surface area contributed by atoms with E-state index in [1.165, 1.54) is 0 Å². The maximum Gasteiger partial charge on any atom is 0.256 e. The Morgan fingerprint density at radius 3 is 2.29 bits per heavy atom. The fourth-order valence-corrected chi connectivity index (χ4v) is 4.74. The molecule has 1 amide bonds. The number of benzene rings is 2. The Bertz CT molecular complexity index is 1250. The van der Waals surface area contributed by atoms with Crippen LogP contribution in [0.25, 0.3) is 0 Å². The third kappa shape index (κ3) is 5.61. The van der Waals surface area contributed by atoms with Crippen molar-refractivity contribution in [3.63, 3.8) is 0 Å². The third-order valence-electron chi connectivity index (χ3n) is 5.24. The van der Waals surface area contributed by atoms with Crippen LogP contribution < -0.4 is 15.4 Å². The fourth-order valence-electron chi connectivity index (χ4n) is 3.79. The number of amides is 1. The predicted octanol–water partition coefficient (Wildman–Crippen LogP) is 6.32. The number of anilines is 2. The molecule has 6 nitrogen and oxygen atoms in total. The molecule has 174 valence electrons. The van der Waals surface area contributed by atoms with Crippen molar-refractivity contribution in [1.29, 1.82) is 0 Å². The number of aromatic nitrogens is 2. The second-order valence-corrected chi connectivity index (χ2v) is 9.27. The number of thiophene rings is 1. The van der Waals surface area contributed by atoms with Crippen molar-refractivity contribution in [2.45, 2.75) is 33.7 Å². The number of nitrogens with zero attached hydrogens (tertiary/aromatic N) is 2. The van der Waals surface area contributed by atoms with Crippen LogP contribution in [-0.4, -0.2) is 22.5 Å². The van der Waals surface area contributed by atoms with E-state index in [0.717, 1.165) is 38.1 Å². The minimum Gasteiger partial charge on any atom is -0.494 e. The zero-order valence-corrected chi connectivity index (χ0v) is 20.6. The molecular formula is C27H28N4O2S. The van der Waals surface area contributed by atoms with E-state index in [-0.39, 0.29) is 11.9 Å². The molecule has 7 heteroatoms. The highest BCUT2D eigenvalue weighted by Gasteiger charge is 2.23. The largest absolute Gasteiger partial charge is 0.494 e. The van der Waals surface area contributed by atoms with Crippen molar-refractivity contribution in [3.8, 4) is 5.75 Å². The second-order valence-electron chi connectivity index (χ2n) is 8.02. The Morgan fingerprint density at radius 1 is 0.971 bits per heavy atom. The smallest absolute Gasteiger partial charge is 0.256 e. The monoisotopic (exact) mass is 472 g/mol. The molecule has 2 aromatic carbocycles. The highest BCUT2D eigenvalue weighted by atomic mass is 32.1. The fraction of sp³-hybridized carbons (Fsp3) is 0.222. The van der Waals surface area contributed by atoms with Gasteiger partial charge in [0, 0.05) is 27.4 Å². The summed E-state index contributed by atoms with van der Waals surface area (Å²) in [6.07, 6.45) is 0. The average Bonchev–Trinajstić information content (AvgIpc) is 3.18. The summed E-state index contributed by atoms with van der Waals surface area (Å²) in [5.41, 5.74) is 4.36. The lowest BCUT2D eigenvalue weighted by molar-refractivity contribution is 0.102. The van der Waals surface area contributed by atoms with Gasteiger partial charge in [-0.15, -0.1) is 11.3 Å². The average molecular weight is 473 g/mol. The van der Waals surface area contributed by atoms with E-state index in [0.29, 0.717) is 18.1 Å². The molecular weight excluding hydrogens is 444 g/mol. The van der Waals surface area contributed by atoms with Gasteiger partial charge in [0.25, 0.3) is 5.91 Å². The highest BCUT2D eigenvalue weighted by molar-refractivity contribution is 7.16.